The van der Waals surface area contributed by atoms with E-state index in [1.807, 2.05) is 48.5 Å². The Bertz CT molecular complexity index is 3290. The molecule has 0 aliphatic heterocycles. The van der Waals surface area contributed by atoms with E-state index in [1.54, 1.807) is 0 Å². The molecule has 0 aliphatic rings. The molecule has 0 fully saturated rings. The minimum atomic E-state index is 0.457. The van der Waals surface area contributed by atoms with E-state index in [2.05, 4.69) is 212 Å². The summed E-state index contributed by atoms with van der Waals surface area (Å²) in [4.78, 5) is 14.9. The van der Waals surface area contributed by atoms with Crippen LogP contribution < -0.4 is 0 Å². The van der Waals surface area contributed by atoms with Crippen molar-refractivity contribution < 1.29 is 0 Å². The molecule has 10 aromatic carbocycles. The Morgan fingerprint density at radius 3 is 1.34 bits per heavy atom. The fourth-order valence-electron chi connectivity index (χ4n) is 8.85. The Hall–Kier alpha value is -8.53. The highest BCUT2D eigenvalue weighted by Crippen LogP contribution is 2.50. The lowest BCUT2D eigenvalue weighted by Crippen LogP contribution is -2.07. The van der Waals surface area contributed by atoms with Gasteiger partial charge < -0.3 is 0 Å². The number of benzene rings is 10. The largest absolute Gasteiger partial charge is 0.261 e. The minimum Gasteiger partial charge on any atom is -0.261 e. The molecule has 0 heterocycles. The van der Waals surface area contributed by atoms with E-state index in [-0.39, 0.29) is 0 Å². The smallest absolute Gasteiger partial charge is 0.161 e. The SMILES string of the molecule is C=N/C(=N\C(=N/Cc1ccccc1)c1ccc2ccccc2c1-c1ccc(-c2cc(-c3ccccc3)c(-c3ccccc3)c(-c3ccccc3)c2-c2ccccc2)cc1)c1ccccc1. The summed E-state index contributed by atoms with van der Waals surface area (Å²) in [6.07, 6.45) is 0. The van der Waals surface area contributed by atoms with Gasteiger partial charge in [0, 0.05) is 16.7 Å². The van der Waals surface area contributed by atoms with Crippen LogP contribution in [0, 0.1) is 0 Å². The van der Waals surface area contributed by atoms with Crippen molar-refractivity contribution in [1.82, 2.24) is 0 Å². The molecule has 0 unspecified atom stereocenters. The van der Waals surface area contributed by atoms with Gasteiger partial charge in [0.15, 0.2) is 11.7 Å². The first kappa shape index (κ1) is 40.5. The first-order valence-corrected chi connectivity index (χ1v) is 22.0. The van der Waals surface area contributed by atoms with Crippen LogP contribution >= 0.6 is 0 Å². The highest BCUT2D eigenvalue weighted by molar-refractivity contribution is 6.18. The van der Waals surface area contributed by atoms with Crippen LogP contribution in [-0.4, -0.2) is 18.4 Å². The maximum absolute atomic E-state index is 5.23. The van der Waals surface area contributed by atoms with Crippen LogP contribution in [0.25, 0.3) is 77.5 Å². The summed E-state index contributed by atoms with van der Waals surface area (Å²) in [6, 6.07) is 87.9. The van der Waals surface area contributed by atoms with Crippen molar-refractivity contribution in [2.45, 2.75) is 6.54 Å². The average molecular weight is 832 g/mol. The molecule has 65 heavy (non-hydrogen) atoms. The van der Waals surface area contributed by atoms with Crippen molar-refractivity contribution in [1.29, 1.82) is 0 Å². The van der Waals surface area contributed by atoms with Crippen molar-refractivity contribution in [2.75, 3.05) is 0 Å². The lowest BCUT2D eigenvalue weighted by Gasteiger charge is -2.24. The highest BCUT2D eigenvalue weighted by Gasteiger charge is 2.24. The van der Waals surface area contributed by atoms with Gasteiger partial charge >= 0.3 is 0 Å². The zero-order chi connectivity index (χ0) is 43.8. The van der Waals surface area contributed by atoms with Gasteiger partial charge in [-0.1, -0.05) is 237 Å². The predicted octanol–water partition coefficient (Wildman–Crippen LogP) is 15.9. The zero-order valence-corrected chi connectivity index (χ0v) is 35.9. The Morgan fingerprint density at radius 2 is 0.785 bits per heavy atom. The van der Waals surface area contributed by atoms with Crippen LogP contribution in [0.2, 0.25) is 0 Å². The van der Waals surface area contributed by atoms with Crippen LogP contribution in [0.4, 0.5) is 0 Å². The maximum atomic E-state index is 5.23. The average Bonchev–Trinajstić information content (AvgIpc) is 3.39. The standard InChI is InChI=1S/C62H45N3/c1-63-61(52-33-18-7-19-34-52)65-62(64-43-44-22-8-2-9-23-44)54-41-40-46-26-20-21-35-53(46)57(54)51-38-36-47(37-39-51)56-42-55(45-24-10-3-11-25-45)58(48-27-12-4-13-28-48)60(50-31-16-6-17-32-50)59(56)49-29-14-5-15-30-49/h2-42H,1,43H2/b64-62-,65-61-. The van der Waals surface area contributed by atoms with E-state index < -0.39 is 0 Å². The summed E-state index contributed by atoms with van der Waals surface area (Å²) >= 11 is 0. The van der Waals surface area contributed by atoms with E-state index in [0.717, 1.165) is 66.4 Å². The van der Waals surface area contributed by atoms with Crippen molar-refractivity contribution >= 4 is 29.2 Å². The summed E-state index contributed by atoms with van der Waals surface area (Å²) in [5.41, 5.74) is 16.7. The second-order valence-corrected chi connectivity index (χ2v) is 15.9. The molecule has 0 amide bonds. The quantitative estimate of drug-likeness (QED) is 0.0972. The molecule has 308 valence electrons. The molecule has 3 heteroatoms. The Balaban J connectivity index is 1.21. The molecule has 3 nitrogen and oxygen atoms in total. The van der Waals surface area contributed by atoms with Crippen LogP contribution in [0.3, 0.4) is 0 Å². The number of hydrogen-bond donors (Lipinski definition) is 0. The zero-order valence-electron chi connectivity index (χ0n) is 35.9. The van der Waals surface area contributed by atoms with Gasteiger partial charge in [0.05, 0.1) is 6.54 Å². The van der Waals surface area contributed by atoms with E-state index in [1.165, 1.54) is 27.8 Å². The van der Waals surface area contributed by atoms with E-state index in [4.69, 9.17) is 9.98 Å². The molecule has 0 atom stereocenters. The van der Waals surface area contributed by atoms with Crippen LogP contribution in [0.15, 0.2) is 264 Å². The molecule has 0 N–H and O–H groups in total. The fourth-order valence-corrected chi connectivity index (χ4v) is 8.85. The van der Waals surface area contributed by atoms with Gasteiger partial charge in [-0.15, -0.1) is 0 Å². The topological polar surface area (TPSA) is 37.1 Å². The molecule has 10 aromatic rings. The van der Waals surface area contributed by atoms with Crippen molar-refractivity contribution in [3.05, 3.63) is 265 Å². The van der Waals surface area contributed by atoms with E-state index >= 15 is 0 Å². The van der Waals surface area contributed by atoms with Gasteiger partial charge in [0.2, 0.25) is 0 Å². The minimum absolute atomic E-state index is 0.457. The molecule has 0 aliphatic carbocycles. The molecule has 0 radical (unpaired) electrons. The molecule has 0 saturated carbocycles. The van der Waals surface area contributed by atoms with Crippen LogP contribution in [0.5, 0.6) is 0 Å². The van der Waals surface area contributed by atoms with Gasteiger partial charge in [-0.25, -0.2) is 9.98 Å². The molecule has 0 aromatic heterocycles. The maximum Gasteiger partial charge on any atom is 0.161 e. The van der Waals surface area contributed by atoms with Gasteiger partial charge in [-0.05, 0) is 96.4 Å². The van der Waals surface area contributed by atoms with Crippen molar-refractivity contribution in [2.24, 2.45) is 15.0 Å². The Kier molecular flexibility index (Phi) is 11.7. The first-order valence-electron chi connectivity index (χ1n) is 22.0. The number of amidine groups is 2. The molecule has 10 rings (SSSR count). The van der Waals surface area contributed by atoms with Crippen LogP contribution in [0.1, 0.15) is 16.7 Å². The Morgan fingerprint density at radius 1 is 0.354 bits per heavy atom. The lowest BCUT2D eigenvalue weighted by atomic mass is 9.78. The van der Waals surface area contributed by atoms with Gasteiger partial charge in [-0.3, -0.25) is 4.99 Å². The normalized spacial score (nSPS) is 11.7. The summed E-state index contributed by atoms with van der Waals surface area (Å²) in [6.45, 7) is 4.40. The van der Waals surface area contributed by atoms with Crippen molar-refractivity contribution in [3.63, 3.8) is 0 Å². The summed E-state index contributed by atoms with van der Waals surface area (Å²) in [5.74, 6) is 1.11. The predicted molar refractivity (Wildman–Crippen MR) is 276 cm³/mol. The second-order valence-electron chi connectivity index (χ2n) is 15.9. The summed E-state index contributed by atoms with van der Waals surface area (Å²) in [7, 11) is 0. The van der Waals surface area contributed by atoms with E-state index in [9.17, 15) is 0 Å². The number of hydrogen-bond acceptors (Lipinski definition) is 1. The molecule has 0 spiro atoms. The van der Waals surface area contributed by atoms with Crippen molar-refractivity contribution in [3.8, 4) is 66.8 Å². The third kappa shape index (κ3) is 8.52. The fraction of sp³-hybridized carbons (Fsp3) is 0.0161. The Labute approximate surface area is 381 Å². The number of rotatable bonds is 10. The summed E-state index contributed by atoms with van der Waals surface area (Å²) < 4.78 is 0. The first-order chi connectivity index (χ1) is 32.2. The van der Waals surface area contributed by atoms with Gasteiger partial charge in [-0.2, -0.15) is 0 Å². The van der Waals surface area contributed by atoms with Gasteiger partial charge in [0.1, 0.15) is 0 Å². The molecule has 0 saturated heterocycles. The number of aliphatic imine (C=N–C) groups is 3. The summed E-state index contributed by atoms with van der Waals surface area (Å²) in [5, 5.41) is 2.25. The molecule has 0 bridgehead atoms. The highest BCUT2D eigenvalue weighted by atomic mass is 15.0. The lowest BCUT2D eigenvalue weighted by molar-refractivity contribution is 1.06. The molecular weight excluding hydrogens is 787 g/mol. The van der Waals surface area contributed by atoms with E-state index in [0.29, 0.717) is 18.2 Å². The van der Waals surface area contributed by atoms with Gasteiger partial charge in [0.25, 0.3) is 0 Å². The monoisotopic (exact) mass is 831 g/mol. The van der Waals surface area contributed by atoms with Crippen LogP contribution in [-0.2, 0) is 6.54 Å². The number of nitrogens with zero attached hydrogens (tertiary/aromatic N) is 3. The second kappa shape index (κ2) is 18.8. The third-order valence-corrected chi connectivity index (χ3v) is 11.9. The number of fused-ring (bicyclic) bond motifs is 1. The molecular formula is C62H45N3. The third-order valence-electron chi connectivity index (χ3n) is 11.9.